The number of hydrogen-bond acceptors (Lipinski definition) is 5. The van der Waals surface area contributed by atoms with Gasteiger partial charge in [-0.3, -0.25) is 9.52 Å². The molecule has 1 saturated heterocycles. The summed E-state index contributed by atoms with van der Waals surface area (Å²) >= 11 is 1.17. The fourth-order valence-electron chi connectivity index (χ4n) is 3.11. The summed E-state index contributed by atoms with van der Waals surface area (Å²) in [6.45, 7) is 2.55. The van der Waals surface area contributed by atoms with Gasteiger partial charge in [0.05, 0.1) is 6.42 Å². The Labute approximate surface area is 170 Å². The standard InChI is InChI=1S/C18H23N3O3S2.ClH/c1-19-12-15-8-9-21(13-15)17(22)11-14-4-6-16(7-5-14)20-26(23,24)18-3-2-10-25-18;/h2-7,10,15,19-20H,8-9,11-13H2,1H3;1H. The first kappa shape index (κ1) is 21.7. The Kier molecular flexibility index (Phi) is 7.67. The number of amides is 1. The van der Waals surface area contributed by atoms with Crippen LogP contribution in [0.3, 0.4) is 0 Å². The number of nitrogens with zero attached hydrogens (tertiary/aromatic N) is 1. The van der Waals surface area contributed by atoms with Gasteiger partial charge in [0.15, 0.2) is 0 Å². The van der Waals surface area contributed by atoms with E-state index in [9.17, 15) is 13.2 Å². The van der Waals surface area contributed by atoms with E-state index in [0.717, 1.165) is 31.6 Å². The molecule has 1 amide bonds. The first-order chi connectivity index (χ1) is 12.5. The Bertz CT molecular complexity index is 839. The van der Waals surface area contributed by atoms with Crippen molar-refractivity contribution in [1.82, 2.24) is 10.2 Å². The van der Waals surface area contributed by atoms with Crippen molar-refractivity contribution in [2.75, 3.05) is 31.4 Å². The third kappa shape index (κ3) is 5.68. The van der Waals surface area contributed by atoms with Crippen LogP contribution in [0.5, 0.6) is 0 Å². The second kappa shape index (κ2) is 9.54. The van der Waals surface area contributed by atoms with E-state index in [1.165, 1.54) is 11.3 Å². The predicted molar refractivity (Wildman–Crippen MR) is 111 cm³/mol. The molecule has 1 aromatic carbocycles. The van der Waals surface area contributed by atoms with Crippen molar-refractivity contribution < 1.29 is 13.2 Å². The van der Waals surface area contributed by atoms with Crippen LogP contribution in [0.15, 0.2) is 46.0 Å². The zero-order valence-electron chi connectivity index (χ0n) is 15.1. The van der Waals surface area contributed by atoms with Crippen molar-refractivity contribution in [2.24, 2.45) is 5.92 Å². The molecule has 0 aliphatic carbocycles. The zero-order chi connectivity index (χ0) is 18.6. The molecule has 2 heterocycles. The summed E-state index contributed by atoms with van der Waals surface area (Å²) in [6.07, 6.45) is 1.38. The summed E-state index contributed by atoms with van der Waals surface area (Å²) in [6, 6.07) is 10.3. The van der Waals surface area contributed by atoms with Gasteiger partial charge in [0.25, 0.3) is 10.0 Å². The molecule has 1 fully saturated rings. The van der Waals surface area contributed by atoms with E-state index in [1.54, 1.807) is 41.8 Å². The van der Waals surface area contributed by atoms with Gasteiger partial charge in [-0.05, 0) is 55.1 Å². The summed E-state index contributed by atoms with van der Waals surface area (Å²) < 4.78 is 27.3. The molecule has 2 N–H and O–H groups in total. The van der Waals surface area contributed by atoms with Gasteiger partial charge in [-0.15, -0.1) is 23.7 Å². The SMILES string of the molecule is CNCC1CCN(C(=O)Cc2ccc(NS(=O)(=O)c3cccs3)cc2)C1.Cl. The van der Waals surface area contributed by atoms with Gasteiger partial charge in [0.2, 0.25) is 5.91 Å². The zero-order valence-corrected chi connectivity index (χ0v) is 17.5. The maximum Gasteiger partial charge on any atom is 0.271 e. The second-order valence-electron chi connectivity index (χ2n) is 6.46. The van der Waals surface area contributed by atoms with E-state index in [-0.39, 0.29) is 22.5 Å². The summed E-state index contributed by atoms with van der Waals surface area (Å²) in [5.41, 5.74) is 1.37. The van der Waals surface area contributed by atoms with Gasteiger partial charge in [-0.2, -0.15) is 0 Å². The van der Waals surface area contributed by atoms with E-state index in [4.69, 9.17) is 0 Å². The molecule has 0 bridgehead atoms. The van der Waals surface area contributed by atoms with Crippen molar-refractivity contribution in [3.05, 3.63) is 47.3 Å². The van der Waals surface area contributed by atoms with Gasteiger partial charge >= 0.3 is 0 Å². The number of nitrogens with one attached hydrogen (secondary N) is 2. The van der Waals surface area contributed by atoms with Gasteiger partial charge in [-0.25, -0.2) is 8.42 Å². The van der Waals surface area contributed by atoms with Crippen LogP contribution in [0, 0.1) is 5.92 Å². The Hall–Kier alpha value is -1.61. The Morgan fingerprint density at radius 3 is 2.63 bits per heavy atom. The highest BCUT2D eigenvalue weighted by molar-refractivity contribution is 7.94. The largest absolute Gasteiger partial charge is 0.342 e. The molecule has 148 valence electrons. The second-order valence-corrected chi connectivity index (χ2v) is 9.32. The summed E-state index contributed by atoms with van der Waals surface area (Å²) in [4.78, 5) is 14.3. The highest BCUT2D eigenvalue weighted by Gasteiger charge is 2.25. The minimum absolute atomic E-state index is 0. The van der Waals surface area contributed by atoms with Crippen molar-refractivity contribution in [3.63, 3.8) is 0 Å². The van der Waals surface area contributed by atoms with Gasteiger partial charge < -0.3 is 10.2 Å². The molecule has 1 aliphatic rings. The van der Waals surface area contributed by atoms with Crippen molar-refractivity contribution >= 4 is 45.4 Å². The normalized spacial score (nSPS) is 16.8. The Balaban J connectivity index is 0.00000261. The quantitative estimate of drug-likeness (QED) is 0.709. The van der Waals surface area contributed by atoms with Crippen LogP contribution in [0.4, 0.5) is 5.69 Å². The predicted octanol–water partition coefficient (Wildman–Crippen LogP) is 2.58. The highest BCUT2D eigenvalue weighted by Crippen LogP contribution is 2.21. The molecule has 1 aromatic heterocycles. The van der Waals surface area contributed by atoms with Crippen LogP contribution >= 0.6 is 23.7 Å². The number of anilines is 1. The van der Waals surface area contributed by atoms with Crippen molar-refractivity contribution in [1.29, 1.82) is 0 Å². The van der Waals surface area contributed by atoms with Gasteiger partial charge in [-0.1, -0.05) is 18.2 Å². The maximum absolute atomic E-state index is 12.4. The van der Waals surface area contributed by atoms with Crippen molar-refractivity contribution in [2.45, 2.75) is 17.1 Å². The number of sulfonamides is 1. The van der Waals surface area contributed by atoms with E-state index in [0.29, 0.717) is 18.0 Å². The number of hydrogen-bond donors (Lipinski definition) is 2. The summed E-state index contributed by atoms with van der Waals surface area (Å²) in [5, 5.41) is 4.89. The molecule has 1 unspecified atom stereocenters. The van der Waals surface area contributed by atoms with E-state index >= 15 is 0 Å². The molecule has 27 heavy (non-hydrogen) atoms. The average molecular weight is 430 g/mol. The van der Waals surface area contributed by atoms with Crippen LogP contribution < -0.4 is 10.0 Å². The lowest BCUT2D eigenvalue weighted by atomic mass is 10.1. The van der Waals surface area contributed by atoms with E-state index in [2.05, 4.69) is 10.0 Å². The molecule has 0 radical (unpaired) electrons. The molecular formula is C18H24ClN3O3S2. The summed E-state index contributed by atoms with van der Waals surface area (Å²) in [7, 11) is -1.61. The Morgan fingerprint density at radius 1 is 1.26 bits per heavy atom. The van der Waals surface area contributed by atoms with Gasteiger partial charge in [0.1, 0.15) is 4.21 Å². The van der Waals surface area contributed by atoms with E-state index < -0.39 is 10.0 Å². The monoisotopic (exact) mass is 429 g/mol. The van der Waals surface area contributed by atoms with E-state index in [1.807, 2.05) is 11.9 Å². The molecule has 6 nitrogen and oxygen atoms in total. The fourth-order valence-corrected chi connectivity index (χ4v) is 5.16. The number of halogens is 1. The number of carbonyl (C=O) groups excluding carboxylic acids is 1. The number of benzene rings is 1. The summed E-state index contributed by atoms with van der Waals surface area (Å²) in [5.74, 6) is 0.647. The molecule has 1 aliphatic heterocycles. The molecule has 9 heteroatoms. The molecule has 0 saturated carbocycles. The first-order valence-electron chi connectivity index (χ1n) is 8.55. The number of likely N-dealkylation sites (tertiary alicyclic amines) is 1. The minimum Gasteiger partial charge on any atom is -0.342 e. The third-order valence-corrected chi connectivity index (χ3v) is 7.23. The lowest BCUT2D eigenvalue weighted by molar-refractivity contribution is -0.129. The van der Waals surface area contributed by atoms with Gasteiger partial charge in [0, 0.05) is 18.8 Å². The van der Waals surface area contributed by atoms with Crippen LogP contribution in [0.1, 0.15) is 12.0 Å². The Morgan fingerprint density at radius 2 is 2.00 bits per heavy atom. The first-order valence-corrected chi connectivity index (χ1v) is 10.9. The smallest absolute Gasteiger partial charge is 0.271 e. The maximum atomic E-state index is 12.4. The van der Waals surface area contributed by atoms with Crippen LogP contribution in [0.25, 0.3) is 0 Å². The number of carbonyl (C=O) groups is 1. The minimum atomic E-state index is -3.54. The topological polar surface area (TPSA) is 78.5 Å². The lowest BCUT2D eigenvalue weighted by Crippen LogP contribution is -2.31. The third-order valence-electron chi connectivity index (χ3n) is 4.45. The molecule has 3 rings (SSSR count). The lowest BCUT2D eigenvalue weighted by Gasteiger charge is -2.16. The highest BCUT2D eigenvalue weighted by atomic mass is 35.5. The fraction of sp³-hybridized carbons (Fsp3) is 0.389. The molecule has 1 atom stereocenters. The number of thiophene rings is 1. The van der Waals surface area contributed by atoms with Crippen LogP contribution in [0.2, 0.25) is 0 Å². The van der Waals surface area contributed by atoms with Crippen LogP contribution in [-0.4, -0.2) is 45.9 Å². The molecule has 2 aromatic rings. The molecule has 0 spiro atoms. The van der Waals surface area contributed by atoms with Crippen LogP contribution in [-0.2, 0) is 21.2 Å². The average Bonchev–Trinajstić information content (AvgIpc) is 3.28. The number of rotatable bonds is 7. The van der Waals surface area contributed by atoms with Crippen molar-refractivity contribution in [3.8, 4) is 0 Å². The molecular weight excluding hydrogens is 406 g/mol.